The summed E-state index contributed by atoms with van der Waals surface area (Å²) in [5, 5.41) is 3.03. The van der Waals surface area contributed by atoms with Crippen molar-refractivity contribution in [3.63, 3.8) is 0 Å². The van der Waals surface area contributed by atoms with Gasteiger partial charge >= 0.3 is 0 Å². The summed E-state index contributed by atoms with van der Waals surface area (Å²) in [5.41, 5.74) is 3.53. The molecule has 0 aromatic heterocycles. The van der Waals surface area contributed by atoms with Crippen LogP contribution in [0.2, 0.25) is 0 Å². The molecule has 0 heterocycles. The number of hydrogen-bond acceptors (Lipinski definition) is 2. The molecule has 1 amide bonds. The Bertz CT molecular complexity index is 664. The van der Waals surface area contributed by atoms with Gasteiger partial charge in [-0.2, -0.15) is 0 Å². The third-order valence-corrected chi connectivity index (χ3v) is 4.01. The maximum absolute atomic E-state index is 12.6. The first-order chi connectivity index (χ1) is 10.6. The number of carbonyl (C=O) groups is 1. The zero-order chi connectivity index (χ0) is 16.1. The van der Waals surface area contributed by atoms with Crippen molar-refractivity contribution < 1.29 is 9.53 Å². The second-order valence-corrected chi connectivity index (χ2v) is 5.51. The van der Waals surface area contributed by atoms with Gasteiger partial charge in [0.15, 0.2) is 0 Å². The maximum atomic E-state index is 12.6. The minimum absolute atomic E-state index is 0.142. The molecular weight excluding hydrogens is 274 g/mol. The molecule has 0 aliphatic heterocycles. The number of anilines is 1. The molecule has 2 aromatic rings. The molecule has 22 heavy (non-hydrogen) atoms. The summed E-state index contributed by atoms with van der Waals surface area (Å²) >= 11 is 0. The molecule has 1 N–H and O–H groups in total. The summed E-state index contributed by atoms with van der Waals surface area (Å²) in [7, 11) is 1.59. The van der Waals surface area contributed by atoms with Crippen LogP contribution in [0.3, 0.4) is 0 Å². The third-order valence-electron chi connectivity index (χ3n) is 4.01. The van der Waals surface area contributed by atoms with E-state index in [2.05, 4.69) is 25.2 Å². The van der Waals surface area contributed by atoms with Gasteiger partial charge in [-0.3, -0.25) is 4.79 Å². The zero-order valence-corrected chi connectivity index (χ0v) is 13.6. The van der Waals surface area contributed by atoms with Crippen molar-refractivity contribution in [1.29, 1.82) is 0 Å². The van der Waals surface area contributed by atoms with Crippen molar-refractivity contribution in [3.8, 4) is 5.75 Å². The zero-order valence-electron chi connectivity index (χ0n) is 13.6. The molecule has 2 rings (SSSR count). The number of nitrogens with one attached hydrogen (secondary N) is 1. The molecule has 0 fully saturated rings. The number of benzene rings is 2. The van der Waals surface area contributed by atoms with Gasteiger partial charge in [0.05, 0.1) is 12.7 Å². The highest BCUT2D eigenvalue weighted by molar-refractivity contribution is 6.06. The van der Waals surface area contributed by atoms with E-state index < -0.39 is 0 Å². The summed E-state index contributed by atoms with van der Waals surface area (Å²) in [6.07, 6.45) is 1.03. The number of amides is 1. The smallest absolute Gasteiger partial charge is 0.259 e. The lowest BCUT2D eigenvalue weighted by Gasteiger charge is -2.17. The van der Waals surface area contributed by atoms with Crippen molar-refractivity contribution >= 4 is 11.6 Å². The number of ether oxygens (including phenoxy) is 1. The number of methoxy groups -OCH3 is 1. The molecule has 1 atom stereocenters. The van der Waals surface area contributed by atoms with Gasteiger partial charge in [-0.1, -0.05) is 44.2 Å². The minimum atomic E-state index is -0.142. The van der Waals surface area contributed by atoms with E-state index >= 15 is 0 Å². The second kappa shape index (κ2) is 7.12. The van der Waals surface area contributed by atoms with E-state index in [9.17, 15) is 4.79 Å². The van der Waals surface area contributed by atoms with Gasteiger partial charge in [0.2, 0.25) is 0 Å². The first-order valence-corrected chi connectivity index (χ1v) is 7.62. The number of para-hydroxylation sites is 2. The Labute approximate surface area is 132 Å². The van der Waals surface area contributed by atoms with Crippen LogP contribution < -0.4 is 10.1 Å². The largest absolute Gasteiger partial charge is 0.496 e. The molecule has 0 saturated heterocycles. The van der Waals surface area contributed by atoms with Crippen molar-refractivity contribution in [1.82, 2.24) is 0 Å². The quantitative estimate of drug-likeness (QED) is 0.863. The van der Waals surface area contributed by atoms with Crippen LogP contribution in [-0.4, -0.2) is 13.0 Å². The first kappa shape index (κ1) is 16.1. The summed E-state index contributed by atoms with van der Waals surface area (Å²) in [6, 6.07) is 13.5. The van der Waals surface area contributed by atoms with Crippen LogP contribution in [0.4, 0.5) is 5.69 Å². The third kappa shape index (κ3) is 3.30. The fourth-order valence-corrected chi connectivity index (χ4v) is 2.55. The van der Waals surface area contributed by atoms with Crippen LogP contribution in [-0.2, 0) is 0 Å². The molecule has 0 saturated carbocycles. The minimum Gasteiger partial charge on any atom is -0.496 e. The van der Waals surface area contributed by atoms with Crippen molar-refractivity contribution in [2.75, 3.05) is 12.4 Å². The second-order valence-electron chi connectivity index (χ2n) is 5.51. The van der Waals surface area contributed by atoms with E-state index in [-0.39, 0.29) is 5.91 Å². The molecule has 0 aliphatic carbocycles. The SMILES string of the molecule is CC[C@H](C)c1ccccc1NC(=O)c1cccc(C)c1OC. The number of carbonyl (C=O) groups excluding carboxylic acids is 1. The van der Waals surface area contributed by atoms with Gasteiger partial charge in [0, 0.05) is 5.69 Å². The normalized spacial score (nSPS) is 11.8. The highest BCUT2D eigenvalue weighted by atomic mass is 16.5. The Balaban J connectivity index is 2.33. The van der Waals surface area contributed by atoms with E-state index in [1.165, 1.54) is 0 Å². The Kier molecular flexibility index (Phi) is 5.21. The van der Waals surface area contributed by atoms with Gasteiger partial charge in [-0.05, 0) is 42.5 Å². The van der Waals surface area contributed by atoms with Gasteiger partial charge in [-0.15, -0.1) is 0 Å². The summed E-state index contributed by atoms with van der Waals surface area (Å²) in [5.74, 6) is 0.883. The Hall–Kier alpha value is -2.29. The van der Waals surface area contributed by atoms with Crippen molar-refractivity contribution in [2.45, 2.75) is 33.1 Å². The fraction of sp³-hybridized carbons (Fsp3) is 0.316. The summed E-state index contributed by atoms with van der Waals surface area (Å²) < 4.78 is 5.37. The first-order valence-electron chi connectivity index (χ1n) is 7.62. The number of rotatable bonds is 5. The number of hydrogen-bond donors (Lipinski definition) is 1. The molecule has 0 unspecified atom stereocenters. The Morgan fingerprint density at radius 3 is 2.59 bits per heavy atom. The lowest BCUT2D eigenvalue weighted by atomic mass is 9.96. The number of aryl methyl sites for hydroxylation is 1. The summed E-state index contributed by atoms with van der Waals surface area (Å²) in [6.45, 7) is 6.24. The lowest BCUT2D eigenvalue weighted by Crippen LogP contribution is -2.15. The van der Waals surface area contributed by atoms with Gasteiger partial charge < -0.3 is 10.1 Å². The van der Waals surface area contributed by atoms with E-state index in [1.54, 1.807) is 13.2 Å². The molecule has 3 heteroatoms. The van der Waals surface area contributed by atoms with Crippen LogP contribution in [0.5, 0.6) is 5.75 Å². The van der Waals surface area contributed by atoms with Crippen LogP contribution in [0.1, 0.15) is 47.7 Å². The molecule has 0 aliphatic rings. The molecule has 2 aromatic carbocycles. The van der Waals surface area contributed by atoms with Gasteiger partial charge in [0.1, 0.15) is 5.75 Å². The Morgan fingerprint density at radius 2 is 1.91 bits per heavy atom. The van der Waals surface area contributed by atoms with Crippen LogP contribution in [0, 0.1) is 6.92 Å². The standard InChI is InChI=1S/C19H23NO2/c1-5-13(2)15-10-6-7-12-17(15)20-19(21)16-11-8-9-14(3)18(16)22-4/h6-13H,5H2,1-4H3,(H,20,21)/t13-/m0/s1. The average molecular weight is 297 g/mol. The van der Waals surface area contributed by atoms with Crippen LogP contribution in [0.15, 0.2) is 42.5 Å². The molecule has 0 bridgehead atoms. The van der Waals surface area contributed by atoms with E-state index in [0.717, 1.165) is 23.2 Å². The van der Waals surface area contributed by atoms with Crippen LogP contribution >= 0.6 is 0 Å². The van der Waals surface area contributed by atoms with E-state index in [1.807, 2.05) is 37.3 Å². The molecule has 3 nitrogen and oxygen atoms in total. The molecule has 0 radical (unpaired) electrons. The highest BCUT2D eigenvalue weighted by Gasteiger charge is 2.16. The average Bonchev–Trinajstić information content (AvgIpc) is 2.54. The monoisotopic (exact) mass is 297 g/mol. The van der Waals surface area contributed by atoms with E-state index in [4.69, 9.17) is 4.74 Å². The predicted molar refractivity (Wildman–Crippen MR) is 90.8 cm³/mol. The molecular formula is C19H23NO2. The van der Waals surface area contributed by atoms with E-state index in [0.29, 0.717) is 17.2 Å². The fourth-order valence-electron chi connectivity index (χ4n) is 2.55. The predicted octanol–water partition coefficient (Wildman–Crippen LogP) is 4.77. The highest BCUT2D eigenvalue weighted by Crippen LogP contribution is 2.28. The topological polar surface area (TPSA) is 38.3 Å². The van der Waals surface area contributed by atoms with Gasteiger partial charge in [-0.25, -0.2) is 0 Å². The Morgan fingerprint density at radius 1 is 1.18 bits per heavy atom. The molecule has 116 valence electrons. The van der Waals surface area contributed by atoms with Crippen LogP contribution in [0.25, 0.3) is 0 Å². The molecule has 0 spiro atoms. The van der Waals surface area contributed by atoms with Crippen molar-refractivity contribution in [3.05, 3.63) is 59.2 Å². The van der Waals surface area contributed by atoms with Crippen molar-refractivity contribution in [2.24, 2.45) is 0 Å². The lowest BCUT2D eigenvalue weighted by molar-refractivity contribution is 0.102. The summed E-state index contributed by atoms with van der Waals surface area (Å²) in [4.78, 5) is 12.6. The maximum Gasteiger partial charge on any atom is 0.259 e. The van der Waals surface area contributed by atoms with Gasteiger partial charge in [0.25, 0.3) is 5.91 Å².